The van der Waals surface area contributed by atoms with Crippen LogP contribution in [0.15, 0.2) is 77.8 Å². The van der Waals surface area contributed by atoms with Gasteiger partial charge < -0.3 is 5.73 Å². The molecule has 25 heavy (non-hydrogen) atoms. The SMILES string of the molecule is Cc1ccccc1-c1ccc(C(=N)N=C(N)c2ccccc2)cc1C. The zero-order valence-electron chi connectivity index (χ0n) is 14.5. The third-order valence-corrected chi connectivity index (χ3v) is 4.24. The topological polar surface area (TPSA) is 62.2 Å². The highest BCUT2D eigenvalue weighted by molar-refractivity contribution is 6.09. The van der Waals surface area contributed by atoms with E-state index >= 15 is 0 Å². The number of rotatable bonds is 3. The highest BCUT2D eigenvalue weighted by Crippen LogP contribution is 2.27. The van der Waals surface area contributed by atoms with Crippen LogP contribution < -0.4 is 5.73 Å². The summed E-state index contributed by atoms with van der Waals surface area (Å²) >= 11 is 0. The van der Waals surface area contributed by atoms with Crippen molar-refractivity contribution in [1.82, 2.24) is 0 Å². The normalized spacial score (nSPS) is 11.4. The van der Waals surface area contributed by atoms with Gasteiger partial charge in [0.1, 0.15) is 5.84 Å². The zero-order chi connectivity index (χ0) is 17.8. The Morgan fingerprint density at radius 2 is 1.40 bits per heavy atom. The Kier molecular flexibility index (Phi) is 4.75. The predicted molar refractivity (Wildman–Crippen MR) is 105 cm³/mol. The van der Waals surface area contributed by atoms with E-state index in [1.807, 2.05) is 54.6 Å². The molecule has 3 N–H and O–H groups in total. The molecule has 0 unspecified atom stereocenters. The van der Waals surface area contributed by atoms with E-state index in [4.69, 9.17) is 11.1 Å². The van der Waals surface area contributed by atoms with Gasteiger partial charge in [0.05, 0.1) is 0 Å². The minimum Gasteiger partial charge on any atom is -0.383 e. The van der Waals surface area contributed by atoms with Crippen LogP contribution in [0, 0.1) is 19.3 Å². The van der Waals surface area contributed by atoms with Gasteiger partial charge in [-0.2, -0.15) is 0 Å². The number of hydrogen-bond acceptors (Lipinski definition) is 1. The Hall–Kier alpha value is -3.20. The van der Waals surface area contributed by atoms with Gasteiger partial charge in [-0.3, -0.25) is 5.41 Å². The molecule has 0 radical (unpaired) electrons. The summed E-state index contributed by atoms with van der Waals surface area (Å²) in [4.78, 5) is 4.26. The number of nitrogens with two attached hydrogens (primary N) is 1. The summed E-state index contributed by atoms with van der Waals surface area (Å²) in [6.45, 7) is 4.17. The van der Waals surface area contributed by atoms with Crippen molar-refractivity contribution < 1.29 is 0 Å². The number of nitrogens with zero attached hydrogens (tertiary/aromatic N) is 1. The summed E-state index contributed by atoms with van der Waals surface area (Å²) in [5.41, 5.74) is 12.3. The molecule has 3 nitrogen and oxygen atoms in total. The van der Waals surface area contributed by atoms with E-state index in [-0.39, 0.29) is 5.84 Å². The maximum atomic E-state index is 8.26. The fourth-order valence-corrected chi connectivity index (χ4v) is 2.85. The second-order valence-corrected chi connectivity index (χ2v) is 6.06. The molecule has 0 aliphatic heterocycles. The van der Waals surface area contributed by atoms with Crippen molar-refractivity contribution in [2.24, 2.45) is 10.7 Å². The summed E-state index contributed by atoms with van der Waals surface area (Å²) in [6, 6.07) is 23.8. The molecule has 0 aliphatic rings. The lowest BCUT2D eigenvalue weighted by atomic mass is 9.95. The Morgan fingerprint density at radius 1 is 0.760 bits per heavy atom. The number of hydrogen-bond donors (Lipinski definition) is 2. The minimum absolute atomic E-state index is 0.167. The number of nitrogens with one attached hydrogen (secondary N) is 1. The van der Waals surface area contributed by atoms with Crippen LogP contribution in [0.3, 0.4) is 0 Å². The first-order chi connectivity index (χ1) is 12.1. The molecule has 3 heteroatoms. The van der Waals surface area contributed by atoms with E-state index in [0.29, 0.717) is 5.84 Å². The lowest BCUT2D eigenvalue weighted by Gasteiger charge is -2.11. The Morgan fingerprint density at radius 3 is 2.08 bits per heavy atom. The number of amidine groups is 2. The smallest absolute Gasteiger partial charge is 0.154 e. The van der Waals surface area contributed by atoms with Gasteiger partial charge in [-0.05, 0) is 42.2 Å². The largest absolute Gasteiger partial charge is 0.383 e. The maximum absolute atomic E-state index is 8.26. The zero-order valence-corrected chi connectivity index (χ0v) is 14.5. The molecule has 0 fully saturated rings. The second-order valence-electron chi connectivity index (χ2n) is 6.06. The highest BCUT2D eigenvalue weighted by Gasteiger charge is 2.08. The molecule has 3 rings (SSSR count). The van der Waals surface area contributed by atoms with Crippen molar-refractivity contribution in [1.29, 1.82) is 5.41 Å². The summed E-state index contributed by atoms with van der Waals surface area (Å²) < 4.78 is 0. The van der Waals surface area contributed by atoms with E-state index in [9.17, 15) is 0 Å². The van der Waals surface area contributed by atoms with Gasteiger partial charge in [-0.1, -0.05) is 66.7 Å². The molecule has 0 aliphatic carbocycles. The van der Waals surface area contributed by atoms with Crippen LogP contribution in [0.4, 0.5) is 0 Å². The van der Waals surface area contributed by atoms with Crippen LogP contribution in [-0.4, -0.2) is 11.7 Å². The van der Waals surface area contributed by atoms with Crippen LogP contribution in [-0.2, 0) is 0 Å². The van der Waals surface area contributed by atoms with Crippen LogP contribution in [0.2, 0.25) is 0 Å². The Balaban J connectivity index is 1.91. The predicted octanol–water partition coefficient (Wildman–Crippen LogP) is 4.70. The van der Waals surface area contributed by atoms with E-state index < -0.39 is 0 Å². The van der Waals surface area contributed by atoms with Crippen LogP contribution in [0.25, 0.3) is 11.1 Å². The minimum atomic E-state index is 0.167. The standard InChI is InChI=1S/C22H21N3/c1-15-8-6-7-11-19(15)20-13-12-18(14-16(20)2)22(24)25-21(23)17-9-4-3-5-10-17/h3-14H,1-2H3,(H3,23,24,25). The summed E-state index contributed by atoms with van der Waals surface area (Å²) in [5.74, 6) is 0.520. The average molecular weight is 327 g/mol. The Bertz CT molecular complexity index is 940. The molecular weight excluding hydrogens is 306 g/mol. The molecule has 0 saturated heterocycles. The molecule has 0 heterocycles. The van der Waals surface area contributed by atoms with Crippen molar-refractivity contribution in [3.05, 3.63) is 95.1 Å². The van der Waals surface area contributed by atoms with E-state index in [1.165, 1.54) is 16.7 Å². The van der Waals surface area contributed by atoms with Crippen molar-refractivity contribution in [2.75, 3.05) is 0 Å². The fourth-order valence-electron chi connectivity index (χ4n) is 2.85. The number of aliphatic imine (C=N–C) groups is 1. The lowest BCUT2D eigenvalue weighted by molar-refractivity contribution is 1.36. The van der Waals surface area contributed by atoms with E-state index in [1.54, 1.807) is 0 Å². The third kappa shape index (κ3) is 3.66. The molecular formula is C22H21N3. The molecule has 0 spiro atoms. The number of aryl methyl sites for hydroxylation is 2. The van der Waals surface area contributed by atoms with Gasteiger partial charge in [-0.25, -0.2) is 4.99 Å². The molecule has 0 saturated carbocycles. The summed E-state index contributed by atoms with van der Waals surface area (Å²) in [5, 5.41) is 8.26. The van der Waals surface area contributed by atoms with Gasteiger partial charge >= 0.3 is 0 Å². The maximum Gasteiger partial charge on any atom is 0.154 e. The van der Waals surface area contributed by atoms with Crippen LogP contribution in [0.1, 0.15) is 22.3 Å². The average Bonchev–Trinajstić information content (AvgIpc) is 2.63. The molecule has 0 amide bonds. The lowest BCUT2D eigenvalue weighted by Crippen LogP contribution is -2.15. The molecule has 3 aromatic rings. The Labute approximate surface area is 148 Å². The fraction of sp³-hybridized carbons (Fsp3) is 0.0909. The van der Waals surface area contributed by atoms with Gasteiger partial charge in [-0.15, -0.1) is 0 Å². The summed E-state index contributed by atoms with van der Waals surface area (Å²) in [6.07, 6.45) is 0. The van der Waals surface area contributed by atoms with Crippen molar-refractivity contribution >= 4 is 11.7 Å². The first kappa shape index (κ1) is 16.7. The van der Waals surface area contributed by atoms with Crippen LogP contribution >= 0.6 is 0 Å². The molecule has 3 aromatic carbocycles. The van der Waals surface area contributed by atoms with Crippen molar-refractivity contribution in [3.8, 4) is 11.1 Å². The molecule has 124 valence electrons. The number of benzene rings is 3. The monoisotopic (exact) mass is 327 g/mol. The van der Waals surface area contributed by atoms with Gasteiger partial charge in [0.2, 0.25) is 0 Å². The van der Waals surface area contributed by atoms with Crippen molar-refractivity contribution in [2.45, 2.75) is 13.8 Å². The molecule has 0 bridgehead atoms. The molecule has 0 atom stereocenters. The van der Waals surface area contributed by atoms with Gasteiger partial charge in [0.15, 0.2) is 5.84 Å². The van der Waals surface area contributed by atoms with Crippen molar-refractivity contribution in [3.63, 3.8) is 0 Å². The quantitative estimate of drug-likeness (QED) is 0.531. The van der Waals surface area contributed by atoms with Gasteiger partial charge in [0, 0.05) is 11.1 Å². The first-order valence-corrected chi connectivity index (χ1v) is 8.21. The van der Waals surface area contributed by atoms with E-state index in [2.05, 4.69) is 37.0 Å². The van der Waals surface area contributed by atoms with Gasteiger partial charge in [0.25, 0.3) is 0 Å². The second kappa shape index (κ2) is 7.14. The third-order valence-electron chi connectivity index (χ3n) is 4.24. The highest BCUT2D eigenvalue weighted by atomic mass is 14.9. The van der Waals surface area contributed by atoms with Crippen LogP contribution in [0.5, 0.6) is 0 Å². The molecule has 0 aromatic heterocycles. The first-order valence-electron chi connectivity index (χ1n) is 8.21. The van der Waals surface area contributed by atoms with E-state index in [0.717, 1.165) is 16.7 Å². The summed E-state index contributed by atoms with van der Waals surface area (Å²) in [7, 11) is 0.